The highest BCUT2D eigenvalue weighted by atomic mass is 79.9. The molecule has 126 valence electrons. The molecule has 0 saturated heterocycles. The average molecular weight is 403 g/mol. The van der Waals surface area contributed by atoms with Crippen LogP contribution in [-0.2, 0) is 6.54 Å². The SMILES string of the molecule is CC(C)(C)Nc1scc(-c2ccccc2)[n+]1Cc1ccccc1.[Br-]. The van der Waals surface area contributed by atoms with Crippen LogP contribution < -0.4 is 26.9 Å². The van der Waals surface area contributed by atoms with Crippen molar-refractivity contribution in [2.45, 2.75) is 32.9 Å². The van der Waals surface area contributed by atoms with Crippen LogP contribution in [0.5, 0.6) is 0 Å². The lowest BCUT2D eigenvalue weighted by atomic mass is 10.1. The number of thiazole rings is 1. The molecule has 0 radical (unpaired) electrons. The largest absolute Gasteiger partial charge is 1.00 e. The minimum atomic E-state index is 0. The molecule has 0 fully saturated rings. The number of benzene rings is 2. The second kappa shape index (κ2) is 7.95. The maximum atomic E-state index is 3.64. The zero-order chi connectivity index (χ0) is 16.3. The maximum Gasteiger partial charge on any atom is 0.334 e. The third-order valence-electron chi connectivity index (χ3n) is 3.55. The molecule has 0 bridgehead atoms. The summed E-state index contributed by atoms with van der Waals surface area (Å²) in [6.45, 7) is 7.46. The minimum absolute atomic E-state index is 0. The fourth-order valence-corrected chi connectivity index (χ4v) is 3.66. The number of anilines is 1. The summed E-state index contributed by atoms with van der Waals surface area (Å²) < 4.78 is 2.38. The molecular formula is C20H23BrN2S. The Morgan fingerprint density at radius 3 is 2.08 bits per heavy atom. The average Bonchev–Trinajstić information content (AvgIpc) is 2.90. The van der Waals surface area contributed by atoms with Crippen molar-refractivity contribution in [2.75, 3.05) is 5.32 Å². The van der Waals surface area contributed by atoms with Gasteiger partial charge in [0.25, 0.3) is 0 Å². The lowest BCUT2D eigenvalue weighted by molar-refractivity contribution is -0.659. The van der Waals surface area contributed by atoms with E-state index in [1.807, 2.05) is 0 Å². The van der Waals surface area contributed by atoms with Crippen molar-refractivity contribution >= 4 is 16.5 Å². The Morgan fingerprint density at radius 2 is 1.50 bits per heavy atom. The van der Waals surface area contributed by atoms with Gasteiger partial charge in [0, 0.05) is 10.9 Å². The van der Waals surface area contributed by atoms with Gasteiger partial charge in [0.05, 0.1) is 5.54 Å². The monoisotopic (exact) mass is 402 g/mol. The first-order chi connectivity index (χ1) is 11.0. The smallest absolute Gasteiger partial charge is 0.334 e. The van der Waals surface area contributed by atoms with Crippen molar-refractivity contribution in [3.05, 3.63) is 71.6 Å². The molecule has 2 nitrogen and oxygen atoms in total. The number of aromatic nitrogens is 1. The van der Waals surface area contributed by atoms with E-state index >= 15 is 0 Å². The Labute approximate surface area is 159 Å². The van der Waals surface area contributed by atoms with Crippen molar-refractivity contribution in [3.8, 4) is 11.3 Å². The van der Waals surface area contributed by atoms with E-state index in [2.05, 4.69) is 96.7 Å². The standard InChI is InChI=1S/C20H22N2S.BrH/c1-20(2,3)21-19-22(14-16-10-6-4-7-11-16)18(15-23-19)17-12-8-5-9-13-17;/h4-13,15H,14H2,1-3H3;1H. The Morgan fingerprint density at radius 1 is 0.917 bits per heavy atom. The van der Waals surface area contributed by atoms with E-state index in [0.29, 0.717) is 0 Å². The molecule has 2 aromatic carbocycles. The van der Waals surface area contributed by atoms with E-state index in [4.69, 9.17) is 0 Å². The van der Waals surface area contributed by atoms with Gasteiger partial charge in [-0.05, 0) is 26.3 Å². The number of halogens is 1. The van der Waals surface area contributed by atoms with Crippen LogP contribution in [0.4, 0.5) is 5.13 Å². The molecule has 0 aliphatic rings. The van der Waals surface area contributed by atoms with Gasteiger partial charge in [-0.3, -0.25) is 5.32 Å². The molecule has 0 aliphatic carbocycles. The molecule has 0 amide bonds. The first-order valence-electron chi connectivity index (χ1n) is 7.92. The van der Waals surface area contributed by atoms with Gasteiger partial charge in [0.1, 0.15) is 12.2 Å². The molecule has 1 heterocycles. The summed E-state index contributed by atoms with van der Waals surface area (Å²) in [5, 5.41) is 7.08. The molecule has 0 atom stereocenters. The summed E-state index contributed by atoms with van der Waals surface area (Å²) in [6.07, 6.45) is 0. The number of rotatable bonds is 4. The highest BCUT2D eigenvalue weighted by molar-refractivity contribution is 7.13. The molecule has 0 spiro atoms. The molecule has 0 aliphatic heterocycles. The van der Waals surface area contributed by atoms with Crippen LogP contribution in [0.15, 0.2) is 66.0 Å². The molecule has 24 heavy (non-hydrogen) atoms. The van der Waals surface area contributed by atoms with Crippen molar-refractivity contribution in [1.82, 2.24) is 0 Å². The summed E-state index contributed by atoms with van der Waals surface area (Å²) in [7, 11) is 0. The van der Waals surface area contributed by atoms with Crippen LogP contribution in [-0.4, -0.2) is 5.54 Å². The summed E-state index contributed by atoms with van der Waals surface area (Å²) in [5.74, 6) is 0. The number of nitrogens with one attached hydrogen (secondary N) is 1. The zero-order valence-corrected chi connectivity index (χ0v) is 16.7. The maximum absolute atomic E-state index is 3.64. The van der Waals surface area contributed by atoms with E-state index in [0.717, 1.165) is 6.54 Å². The first-order valence-corrected chi connectivity index (χ1v) is 8.80. The van der Waals surface area contributed by atoms with Gasteiger partial charge in [-0.15, -0.1) is 0 Å². The topological polar surface area (TPSA) is 15.9 Å². The van der Waals surface area contributed by atoms with Crippen LogP contribution in [0.25, 0.3) is 11.3 Å². The Kier molecular flexibility index (Phi) is 6.19. The summed E-state index contributed by atoms with van der Waals surface area (Å²) in [5.41, 5.74) is 3.86. The molecule has 3 rings (SSSR count). The summed E-state index contributed by atoms with van der Waals surface area (Å²) in [6, 6.07) is 21.2. The fourth-order valence-electron chi connectivity index (χ4n) is 2.52. The van der Waals surface area contributed by atoms with Gasteiger partial charge in [0.2, 0.25) is 0 Å². The van der Waals surface area contributed by atoms with Crippen LogP contribution in [0.3, 0.4) is 0 Å². The van der Waals surface area contributed by atoms with Crippen molar-refractivity contribution < 1.29 is 21.5 Å². The highest BCUT2D eigenvalue weighted by Gasteiger charge is 2.24. The third kappa shape index (κ3) is 4.68. The molecule has 0 saturated carbocycles. The van der Waals surface area contributed by atoms with Gasteiger partial charge in [0.15, 0.2) is 0 Å². The van der Waals surface area contributed by atoms with Crippen LogP contribution in [0.1, 0.15) is 26.3 Å². The third-order valence-corrected chi connectivity index (χ3v) is 4.44. The van der Waals surface area contributed by atoms with E-state index in [1.54, 1.807) is 11.3 Å². The molecule has 4 heteroatoms. The Balaban J connectivity index is 0.00000208. The minimum Gasteiger partial charge on any atom is -1.00 e. The van der Waals surface area contributed by atoms with E-state index in [1.165, 1.54) is 22.0 Å². The lowest BCUT2D eigenvalue weighted by Gasteiger charge is -2.15. The first kappa shape index (κ1) is 18.7. The number of nitrogens with zero attached hydrogens (tertiary/aromatic N) is 1. The van der Waals surface area contributed by atoms with E-state index in [9.17, 15) is 0 Å². The van der Waals surface area contributed by atoms with Gasteiger partial charge in [-0.1, -0.05) is 72.0 Å². The van der Waals surface area contributed by atoms with Gasteiger partial charge in [-0.2, -0.15) is 0 Å². The fraction of sp³-hybridized carbons (Fsp3) is 0.250. The number of hydrogen-bond acceptors (Lipinski definition) is 2. The second-order valence-electron chi connectivity index (χ2n) is 6.74. The number of hydrogen-bond donors (Lipinski definition) is 1. The lowest BCUT2D eigenvalue weighted by Crippen LogP contribution is -3.00. The highest BCUT2D eigenvalue weighted by Crippen LogP contribution is 2.25. The normalized spacial score (nSPS) is 11.0. The van der Waals surface area contributed by atoms with E-state index in [-0.39, 0.29) is 22.5 Å². The molecule has 3 aromatic rings. The molecule has 0 unspecified atom stereocenters. The van der Waals surface area contributed by atoms with Crippen molar-refractivity contribution in [2.24, 2.45) is 0 Å². The van der Waals surface area contributed by atoms with Crippen LogP contribution >= 0.6 is 11.3 Å². The van der Waals surface area contributed by atoms with Crippen molar-refractivity contribution in [1.29, 1.82) is 0 Å². The van der Waals surface area contributed by atoms with Gasteiger partial charge in [-0.25, -0.2) is 4.57 Å². The van der Waals surface area contributed by atoms with Crippen LogP contribution in [0.2, 0.25) is 0 Å². The van der Waals surface area contributed by atoms with Crippen molar-refractivity contribution in [3.63, 3.8) is 0 Å². The summed E-state index contributed by atoms with van der Waals surface area (Å²) in [4.78, 5) is 0. The zero-order valence-electron chi connectivity index (χ0n) is 14.3. The predicted molar refractivity (Wildman–Crippen MR) is 98.9 cm³/mol. The van der Waals surface area contributed by atoms with E-state index < -0.39 is 0 Å². The quantitative estimate of drug-likeness (QED) is 0.659. The Hall–Kier alpha value is -1.65. The molecule has 1 aromatic heterocycles. The Bertz CT molecular complexity index is 761. The summed E-state index contributed by atoms with van der Waals surface area (Å²) >= 11 is 1.77. The molecular weight excluding hydrogens is 380 g/mol. The van der Waals surface area contributed by atoms with Gasteiger partial charge < -0.3 is 17.0 Å². The van der Waals surface area contributed by atoms with Gasteiger partial charge >= 0.3 is 5.13 Å². The van der Waals surface area contributed by atoms with Crippen LogP contribution in [0, 0.1) is 0 Å². The predicted octanol–water partition coefficient (Wildman–Crippen LogP) is 1.97. The second-order valence-corrected chi connectivity index (χ2v) is 7.60. The molecule has 1 N–H and O–H groups in total.